The second-order valence-electron chi connectivity index (χ2n) is 7.75. The highest BCUT2D eigenvalue weighted by Gasteiger charge is 2.20. The molecule has 6 nitrogen and oxygen atoms in total. The summed E-state index contributed by atoms with van der Waals surface area (Å²) >= 11 is 0. The van der Waals surface area contributed by atoms with Crippen LogP contribution in [0.3, 0.4) is 0 Å². The predicted molar refractivity (Wildman–Crippen MR) is 114 cm³/mol. The molecule has 2 aromatic carbocycles. The number of imidazole rings is 1. The molecule has 0 amide bonds. The number of rotatable bonds is 2. The number of aromatic nitrogens is 3. The molecular weight excluding hydrogens is 350 g/mol. The Morgan fingerprint density at radius 3 is 2.86 bits per heavy atom. The molecule has 4 aromatic rings. The Hall–Kier alpha value is -3.12. The number of para-hydroxylation sites is 1. The monoisotopic (exact) mass is 373 g/mol. The van der Waals surface area contributed by atoms with Gasteiger partial charge in [-0.15, -0.1) is 0 Å². The summed E-state index contributed by atoms with van der Waals surface area (Å²) in [7, 11) is 2.17. The van der Waals surface area contributed by atoms with E-state index in [4.69, 9.17) is 5.73 Å². The summed E-state index contributed by atoms with van der Waals surface area (Å²) in [4.78, 5) is 25.9. The summed E-state index contributed by atoms with van der Waals surface area (Å²) in [5.74, 6) is 1.04. The molecule has 0 aliphatic carbocycles. The third kappa shape index (κ3) is 2.77. The predicted octanol–water partition coefficient (Wildman–Crippen LogP) is 3.46. The number of likely N-dealkylation sites (tertiary alicyclic amines) is 1. The molecule has 1 aliphatic rings. The van der Waals surface area contributed by atoms with Gasteiger partial charge in [-0.3, -0.25) is 4.79 Å². The fourth-order valence-corrected chi connectivity index (χ4v) is 4.34. The lowest BCUT2D eigenvalue weighted by Gasteiger charge is -2.29. The smallest absolute Gasteiger partial charge is 0.261 e. The number of hydrogen-bond donors (Lipinski definition) is 3. The standard InChI is InChI=1S/C22H23N5O/c1-27-10-4-5-14(12-27)13-8-9-17-18(11-13)25-21(24-17)19-20(23)15-6-2-3-7-16(15)26-22(19)28/h2-3,6-9,11,14H,4-5,10,12H2,1H3,(H,24,25)(H3,23,26,28). The van der Waals surface area contributed by atoms with E-state index < -0.39 is 0 Å². The zero-order valence-electron chi connectivity index (χ0n) is 15.8. The Labute approximate surface area is 162 Å². The maximum atomic E-state index is 12.7. The molecule has 1 unspecified atom stereocenters. The largest absolute Gasteiger partial charge is 0.397 e. The van der Waals surface area contributed by atoms with Crippen molar-refractivity contribution in [1.29, 1.82) is 0 Å². The van der Waals surface area contributed by atoms with Gasteiger partial charge in [-0.2, -0.15) is 0 Å². The van der Waals surface area contributed by atoms with E-state index in [0.29, 0.717) is 23.0 Å². The molecule has 1 saturated heterocycles. The molecule has 142 valence electrons. The Bertz CT molecular complexity index is 1240. The number of nitrogens with zero attached hydrogens (tertiary/aromatic N) is 2. The summed E-state index contributed by atoms with van der Waals surface area (Å²) in [6.45, 7) is 2.24. The van der Waals surface area contributed by atoms with E-state index in [-0.39, 0.29) is 5.56 Å². The van der Waals surface area contributed by atoms with Crippen LogP contribution in [0.4, 0.5) is 5.69 Å². The summed E-state index contributed by atoms with van der Waals surface area (Å²) < 4.78 is 0. The number of hydrogen-bond acceptors (Lipinski definition) is 4. The zero-order valence-corrected chi connectivity index (χ0v) is 15.8. The van der Waals surface area contributed by atoms with E-state index in [9.17, 15) is 4.79 Å². The van der Waals surface area contributed by atoms with Crippen LogP contribution in [0.1, 0.15) is 24.3 Å². The maximum Gasteiger partial charge on any atom is 0.261 e. The number of nitrogen functional groups attached to an aromatic ring is 1. The maximum absolute atomic E-state index is 12.7. The molecule has 1 fully saturated rings. The van der Waals surface area contributed by atoms with Gasteiger partial charge in [0.2, 0.25) is 0 Å². The molecule has 28 heavy (non-hydrogen) atoms. The van der Waals surface area contributed by atoms with Crippen LogP contribution in [0.2, 0.25) is 0 Å². The Morgan fingerprint density at radius 1 is 1.14 bits per heavy atom. The van der Waals surface area contributed by atoms with Gasteiger partial charge in [-0.25, -0.2) is 4.98 Å². The summed E-state index contributed by atoms with van der Waals surface area (Å²) in [5.41, 5.74) is 10.8. The SMILES string of the molecule is CN1CCCC(c2ccc3nc(-c4c(N)c5ccccc5[nH]c4=O)[nH]c3c2)C1. The number of benzene rings is 2. The fraction of sp³-hybridized carbons (Fsp3) is 0.273. The Kier molecular flexibility index (Phi) is 3.94. The van der Waals surface area contributed by atoms with Gasteiger partial charge in [0.05, 0.1) is 22.2 Å². The van der Waals surface area contributed by atoms with Crippen molar-refractivity contribution >= 4 is 27.6 Å². The lowest BCUT2D eigenvalue weighted by Crippen LogP contribution is -2.30. The average molecular weight is 373 g/mol. The van der Waals surface area contributed by atoms with Crippen LogP contribution >= 0.6 is 0 Å². The van der Waals surface area contributed by atoms with Crippen LogP contribution in [-0.2, 0) is 0 Å². The minimum Gasteiger partial charge on any atom is -0.397 e. The van der Waals surface area contributed by atoms with E-state index in [1.165, 1.54) is 18.4 Å². The third-order valence-electron chi connectivity index (χ3n) is 5.80. The van der Waals surface area contributed by atoms with Gasteiger partial charge in [0.15, 0.2) is 0 Å². The van der Waals surface area contributed by atoms with E-state index >= 15 is 0 Å². The van der Waals surface area contributed by atoms with Gasteiger partial charge in [-0.1, -0.05) is 24.3 Å². The van der Waals surface area contributed by atoms with Crippen LogP contribution in [0, 0.1) is 0 Å². The van der Waals surface area contributed by atoms with Crippen molar-refractivity contribution in [1.82, 2.24) is 19.9 Å². The van der Waals surface area contributed by atoms with Gasteiger partial charge in [0.25, 0.3) is 5.56 Å². The highest BCUT2D eigenvalue weighted by molar-refractivity contribution is 5.97. The van der Waals surface area contributed by atoms with E-state index in [2.05, 4.69) is 39.0 Å². The first-order valence-electron chi connectivity index (χ1n) is 9.69. The Morgan fingerprint density at radius 2 is 2.00 bits per heavy atom. The number of piperidine rings is 1. The molecule has 4 N–H and O–H groups in total. The molecule has 0 saturated carbocycles. The number of anilines is 1. The first-order valence-corrected chi connectivity index (χ1v) is 9.69. The molecule has 1 atom stereocenters. The van der Waals surface area contributed by atoms with Crippen LogP contribution in [0.15, 0.2) is 47.3 Å². The van der Waals surface area contributed by atoms with E-state index in [0.717, 1.165) is 35.0 Å². The van der Waals surface area contributed by atoms with Gasteiger partial charge < -0.3 is 20.6 Å². The topological polar surface area (TPSA) is 90.8 Å². The first kappa shape index (κ1) is 17.0. The highest BCUT2D eigenvalue weighted by Crippen LogP contribution is 2.31. The molecule has 0 bridgehead atoms. The number of aromatic amines is 2. The molecule has 0 radical (unpaired) electrons. The van der Waals surface area contributed by atoms with Crippen molar-refractivity contribution in [2.24, 2.45) is 0 Å². The molecule has 6 heteroatoms. The van der Waals surface area contributed by atoms with Gasteiger partial charge >= 0.3 is 0 Å². The summed E-state index contributed by atoms with van der Waals surface area (Å²) in [6.07, 6.45) is 2.42. The van der Waals surface area contributed by atoms with Gasteiger partial charge in [-0.05, 0) is 56.1 Å². The number of pyridine rings is 1. The second-order valence-corrected chi connectivity index (χ2v) is 7.75. The summed E-state index contributed by atoms with van der Waals surface area (Å²) in [5, 5.41) is 0.823. The van der Waals surface area contributed by atoms with Crippen LogP contribution in [0.5, 0.6) is 0 Å². The van der Waals surface area contributed by atoms with Gasteiger partial charge in [0.1, 0.15) is 11.4 Å². The lowest BCUT2D eigenvalue weighted by atomic mass is 9.91. The van der Waals surface area contributed by atoms with Crippen molar-refractivity contribution in [3.63, 3.8) is 0 Å². The molecule has 2 aromatic heterocycles. The van der Waals surface area contributed by atoms with Crippen LogP contribution in [0.25, 0.3) is 33.3 Å². The number of H-pyrrole nitrogens is 2. The highest BCUT2D eigenvalue weighted by atomic mass is 16.1. The van der Waals surface area contributed by atoms with Crippen molar-refractivity contribution in [3.8, 4) is 11.4 Å². The second kappa shape index (κ2) is 6.49. The van der Waals surface area contributed by atoms with Gasteiger partial charge in [0, 0.05) is 11.9 Å². The van der Waals surface area contributed by atoms with Crippen LogP contribution in [-0.4, -0.2) is 40.0 Å². The number of nitrogens with one attached hydrogen (secondary N) is 2. The van der Waals surface area contributed by atoms with Crippen molar-refractivity contribution in [2.45, 2.75) is 18.8 Å². The molecule has 0 spiro atoms. The first-order chi connectivity index (χ1) is 13.6. The van der Waals surface area contributed by atoms with Crippen molar-refractivity contribution in [3.05, 3.63) is 58.4 Å². The minimum absolute atomic E-state index is 0.232. The summed E-state index contributed by atoms with van der Waals surface area (Å²) in [6, 6.07) is 13.9. The third-order valence-corrected chi connectivity index (χ3v) is 5.80. The number of fused-ring (bicyclic) bond motifs is 2. The van der Waals surface area contributed by atoms with E-state index in [1.807, 2.05) is 30.3 Å². The molecule has 1 aliphatic heterocycles. The fourth-order valence-electron chi connectivity index (χ4n) is 4.34. The van der Waals surface area contributed by atoms with Crippen molar-refractivity contribution in [2.75, 3.05) is 25.9 Å². The van der Waals surface area contributed by atoms with E-state index in [1.54, 1.807) is 0 Å². The lowest BCUT2D eigenvalue weighted by molar-refractivity contribution is 0.251. The minimum atomic E-state index is -0.232. The number of nitrogens with two attached hydrogens (primary N) is 1. The molecule has 5 rings (SSSR count). The molecule has 3 heterocycles. The zero-order chi connectivity index (χ0) is 19.3. The normalized spacial score (nSPS) is 18.1. The van der Waals surface area contributed by atoms with Crippen molar-refractivity contribution < 1.29 is 0 Å². The molecular formula is C22H23N5O. The number of likely N-dealkylation sites (N-methyl/N-ethyl adjacent to an activating group) is 1. The Balaban J connectivity index is 1.61. The quantitative estimate of drug-likeness (QED) is 0.502. The van der Waals surface area contributed by atoms with Crippen LogP contribution < -0.4 is 11.3 Å². The average Bonchev–Trinajstić information content (AvgIpc) is 3.10.